The van der Waals surface area contributed by atoms with Gasteiger partial charge in [-0.05, 0) is 44.1 Å². The lowest BCUT2D eigenvalue weighted by atomic mass is 10.2. The highest BCUT2D eigenvalue weighted by molar-refractivity contribution is 9.10. The molecule has 1 heterocycles. The Balaban J connectivity index is 1.87. The third-order valence-corrected chi connectivity index (χ3v) is 4.34. The number of likely N-dealkylation sites (N-methyl/N-ethyl adjacent to an activating group) is 1. The number of benzene rings is 1. The van der Waals surface area contributed by atoms with Crippen molar-refractivity contribution < 1.29 is 4.74 Å². The highest BCUT2D eigenvalue weighted by atomic mass is 79.9. The zero-order valence-electron chi connectivity index (χ0n) is 11.8. The Morgan fingerprint density at radius 3 is 3.05 bits per heavy atom. The van der Waals surface area contributed by atoms with Gasteiger partial charge in [-0.15, -0.1) is 0 Å². The lowest BCUT2D eigenvalue weighted by Crippen LogP contribution is -2.37. The number of likely N-dealkylation sites (tertiary alicyclic amines) is 1. The van der Waals surface area contributed by atoms with Crippen LogP contribution in [0, 0.1) is 0 Å². The fraction of sp³-hybridized carbons (Fsp3) is 0.600. The standard InChI is InChI=1S/C15H23BrN2O/c1-3-18-8-4-5-14(18)11-17-10-12-9-13(16)6-7-15(12)19-2/h6-7,9,14,17H,3-5,8,10-11H2,1-2H3/t14-/m0/s1. The van der Waals surface area contributed by atoms with Crippen molar-refractivity contribution in [3.8, 4) is 5.75 Å². The third-order valence-electron chi connectivity index (χ3n) is 3.84. The molecule has 0 radical (unpaired) electrons. The van der Waals surface area contributed by atoms with E-state index in [0.29, 0.717) is 6.04 Å². The van der Waals surface area contributed by atoms with Gasteiger partial charge in [-0.3, -0.25) is 4.90 Å². The summed E-state index contributed by atoms with van der Waals surface area (Å²) in [5.41, 5.74) is 1.21. The summed E-state index contributed by atoms with van der Waals surface area (Å²) in [5, 5.41) is 3.57. The first-order chi connectivity index (χ1) is 9.24. The van der Waals surface area contributed by atoms with Crippen LogP contribution in [0.4, 0.5) is 0 Å². The van der Waals surface area contributed by atoms with Crippen molar-refractivity contribution in [1.29, 1.82) is 0 Å². The van der Waals surface area contributed by atoms with Crippen LogP contribution in [-0.2, 0) is 6.54 Å². The van der Waals surface area contributed by atoms with Gasteiger partial charge in [0.2, 0.25) is 0 Å². The van der Waals surface area contributed by atoms with Crippen molar-refractivity contribution in [3.63, 3.8) is 0 Å². The molecule has 0 amide bonds. The summed E-state index contributed by atoms with van der Waals surface area (Å²) in [5.74, 6) is 0.953. The van der Waals surface area contributed by atoms with Crippen LogP contribution in [0.25, 0.3) is 0 Å². The van der Waals surface area contributed by atoms with E-state index >= 15 is 0 Å². The van der Waals surface area contributed by atoms with Crippen LogP contribution in [0.5, 0.6) is 5.75 Å². The van der Waals surface area contributed by atoms with E-state index in [0.717, 1.165) is 29.9 Å². The molecular weight excluding hydrogens is 304 g/mol. The highest BCUT2D eigenvalue weighted by Gasteiger charge is 2.22. The van der Waals surface area contributed by atoms with Crippen LogP contribution in [0.1, 0.15) is 25.3 Å². The Morgan fingerprint density at radius 2 is 2.32 bits per heavy atom. The zero-order chi connectivity index (χ0) is 13.7. The largest absolute Gasteiger partial charge is 0.496 e. The van der Waals surface area contributed by atoms with Gasteiger partial charge in [-0.1, -0.05) is 22.9 Å². The van der Waals surface area contributed by atoms with Crippen molar-refractivity contribution >= 4 is 15.9 Å². The van der Waals surface area contributed by atoms with Crippen molar-refractivity contribution in [1.82, 2.24) is 10.2 Å². The van der Waals surface area contributed by atoms with Crippen LogP contribution >= 0.6 is 15.9 Å². The van der Waals surface area contributed by atoms with E-state index in [1.807, 2.05) is 12.1 Å². The molecule has 0 spiro atoms. The van der Waals surface area contributed by atoms with Gasteiger partial charge in [0.1, 0.15) is 5.75 Å². The molecule has 4 heteroatoms. The van der Waals surface area contributed by atoms with Gasteiger partial charge in [-0.2, -0.15) is 0 Å². The van der Waals surface area contributed by atoms with Crippen molar-refractivity contribution in [2.75, 3.05) is 26.7 Å². The fourth-order valence-corrected chi connectivity index (χ4v) is 3.21. The molecule has 0 saturated carbocycles. The summed E-state index contributed by atoms with van der Waals surface area (Å²) < 4.78 is 6.49. The molecule has 1 N–H and O–H groups in total. The molecule has 2 rings (SSSR count). The van der Waals surface area contributed by atoms with E-state index in [1.54, 1.807) is 7.11 Å². The average molecular weight is 327 g/mol. The van der Waals surface area contributed by atoms with Gasteiger partial charge in [0.15, 0.2) is 0 Å². The number of rotatable bonds is 6. The van der Waals surface area contributed by atoms with Crippen LogP contribution in [-0.4, -0.2) is 37.7 Å². The van der Waals surface area contributed by atoms with Crippen molar-refractivity contribution in [3.05, 3.63) is 28.2 Å². The van der Waals surface area contributed by atoms with Crippen LogP contribution < -0.4 is 10.1 Å². The number of ether oxygens (including phenoxy) is 1. The molecule has 1 aliphatic heterocycles. The minimum Gasteiger partial charge on any atom is -0.496 e. The minimum atomic E-state index is 0.697. The molecule has 19 heavy (non-hydrogen) atoms. The fourth-order valence-electron chi connectivity index (χ4n) is 2.80. The predicted octanol–water partition coefficient (Wildman–Crippen LogP) is 3.03. The third kappa shape index (κ3) is 3.94. The zero-order valence-corrected chi connectivity index (χ0v) is 13.4. The Labute approximate surface area is 124 Å². The minimum absolute atomic E-state index is 0.697. The maximum Gasteiger partial charge on any atom is 0.123 e. The monoisotopic (exact) mass is 326 g/mol. The number of methoxy groups -OCH3 is 1. The van der Waals surface area contributed by atoms with Crippen LogP contribution in [0.3, 0.4) is 0 Å². The number of nitrogens with one attached hydrogen (secondary N) is 1. The average Bonchev–Trinajstić information content (AvgIpc) is 2.86. The summed E-state index contributed by atoms with van der Waals surface area (Å²) in [4.78, 5) is 2.56. The predicted molar refractivity (Wildman–Crippen MR) is 82.7 cm³/mol. The first-order valence-electron chi connectivity index (χ1n) is 7.01. The smallest absolute Gasteiger partial charge is 0.123 e. The maximum absolute atomic E-state index is 5.39. The normalized spacial score (nSPS) is 19.8. The SMILES string of the molecule is CCN1CCC[C@H]1CNCc1cc(Br)ccc1OC. The number of hydrogen-bond donors (Lipinski definition) is 1. The lowest BCUT2D eigenvalue weighted by Gasteiger charge is -2.23. The van der Waals surface area contributed by atoms with E-state index in [1.165, 1.54) is 24.9 Å². The second-order valence-corrected chi connectivity index (χ2v) is 5.93. The van der Waals surface area contributed by atoms with Gasteiger partial charge < -0.3 is 10.1 Å². The quantitative estimate of drug-likeness (QED) is 0.869. The molecule has 106 valence electrons. The van der Waals surface area contributed by atoms with E-state index < -0.39 is 0 Å². The Hall–Kier alpha value is -0.580. The molecule has 1 aliphatic rings. The molecule has 0 bridgehead atoms. The van der Waals surface area contributed by atoms with E-state index in [2.05, 4.69) is 39.1 Å². The Kier molecular flexibility index (Phi) is 5.67. The first kappa shape index (κ1) is 14.8. The number of hydrogen-bond acceptors (Lipinski definition) is 3. The molecule has 1 fully saturated rings. The molecule has 0 aliphatic carbocycles. The van der Waals surface area contributed by atoms with Gasteiger partial charge >= 0.3 is 0 Å². The summed E-state index contributed by atoms with van der Waals surface area (Å²) in [7, 11) is 1.72. The second-order valence-electron chi connectivity index (χ2n) is 5.01. The van der Waals surface area contributed by atoms with Gasteiger partial charge in [-0.25, -0.2) is 0 Å². The second kappa shape index (κ2) is 7.27. The van der Waals surface area contributed by atoms with E-state index in [4.69, 9.17) is 4.74 Å². The summed E-state index contributed by atoms with van der Waals surface area (Å²) in [6.45, 7) is 6.57. The number of halogens is 1. The van der Waals surface area contributed by atoms with E-state index in [-0.39, 0.29) is 0 Å². The maximum atomic E-state index is 5.39. The molecule has 3 nitrogen and oxygen atoms in total. The topological polar surface area (TPSA) is 24.5 Å². The lowest BCUT2D eigenvalue weighted by molar-refractivity contribution is 0.259. The highest BCUT2D eigenvalue weighted by Crippen LogP contribution is 2.23. The summed E-state index contributed by atoms with van der Waals surface area (Å²) in [6, 6.07) is 6.84. The molecule has 1 atom stereocenters. The number of nitrogens with zero attached hydrogens (tertiary/aromatic N) is 1. The molecule has 1 saturated heterocycles. The van der Waals surface area contributed by atoms with Crippen molar-refractivity contribution in [2.45, 2.75) is 32.4 Å². The van der Waals surface area contributed by atoms with Gasteiger partial charge in [0.05, 0.1) is 7.11 Å². The molecule has 1 aromatic carbocycles. The molecule has 0 aromatic heterocycles. The first-order valence-corrected chi connectivity index (χ1v) is 7.81. The van der Waals surface area contributed by atoms with Crippen molar-refractivity contribution in [2.24, 2.45) is 0 Å². The molecule has 1 aromatic rings. The van der Waals surface area contributed by atoms with Crippen LogP contribution in [0.2, 0.25) is 0 Å². The summed E-state index contributed by atoms with van der Waals surface area (Å²) in [6.07, 6.45) is 2.65. The van der Waals surface area contributed by atoms with Crippen LogP contribution in [0.15, 0.2) is 22.7 Å². The van der Waals surface area contributed by atoms with Gasteiger partial charge in [0, 0.05) is 29.2 Å². The Morgan fingerprint density at radius 1 is 1.47 bits per heavy atom. The molecular formula is C15H23BrN2O. The van der Waals surface area contributed by atoms with Gasteiger partial charge in [0.25, 0.3) is 0 Å². The Bertz CT molecular complexity index is 411. The summed E-state index contributed by atoms with van der Waals surface area (Å²) >= 11 is 3.51. The molecule has 0 unspecified atom stereocenters. The van der Waals surface area contributed by atoms with E-state index in [9.17, 15) is 0 Å².